The number of benzene rings is 1. The van der Waals surface area contributed by atoms with E-state index in [1.807, 2.05) is 30.3 Å². The van der Waals surface area contributed by atoms with E-state index in [4.69, 9.17) is 0 Å². The number of anilines is 2. The minimum Gasteiger partial charge on any atom is -0.324 e. The Morgan fingerprint density at radius 2 is 1.96 bits per heavy atom. The zero-order chi connectivity index (χ0) is 19.2. The number of sulfone groups is 1. The van der Waals surface area contributed by atoms with Gasteiger partial charge in [0.2, 0.25) is 16.0 Å². The van der Waals surface area contributed by atoms with E-state index in [1.54, 1.807) is 6.92 Å². The summed E-state index contributed by atoms with van der Waals surface area (Å²) in [5.41, 5.74) is 1.99. The van der Waals surface area contributed by atoms with Crippen LogP contribution in [0.1, 0.15) is 24.1 Å². The van der Waals surface area contributed by atoms with E-state index in [-0.39, 0.29) is 24.6 Å². The first-order valence-corrected chi connectivity index (χ1v) is 12.0. The number of sulfonamides is 1. The molecule has 1 saturated heterocycles. The predicted octanol–water partition coefficient (Wildman–Crippen LogP) is 1.27. The van der Waals surface area contributed by atoms with Gasteiger partial charge >= 0.3 is 0 Å². The maximum Gasteiger partial charge on any atom is 0.227 e. The predicted molar refractivity (Wildman–Crippen MR) is 102 cm³/mol. The molecular formula is C17H20N4O4S2. The summed E-state index contributed by atoms with van der Waals surface area (Å²) in [6.45, 7) is 1.69. The van der Waals surface area contributed by atoms with Gasteiger partial charge in [-0.05, 0) is 19.1 Å². The molecule has 4 rings (SSSR count). The highest BCUT2D eigenvalue weighted by molar-refractivity contribution is 7.91. The Morgan fingerprint density at radius 1 is 1.22 bits per heavy atom. The Morgan fingerprint density at radius 3 is 2.67 bits per heavy atom. The molecule has 3 heterocycles. The second kappa shape index (κ2) is 6.54. The van der Waals surface area contributed by atoms with Gasteiger partial charge in [0.05, 0.1) is 22.4 Å². The number of hydrogen-bond donors (Lipinski definition) is 1. The minimum absolute atomic E-state index is 0.00589. The van der Waals surface area contributed by atoms with Gasteiger partial charge in [-0.1, -0.05) is 18.2 Å². The van der Waals surface area contributed by atoms with Crippen LogP contribution >= 0.6 is 0 Å². The average molecular weight is 409 g/mol. The van der Waals surface area contributed by atoms with Crippen LogP contribution in [0.2, 0.25) is 0 Å². The number of aromatic nitrogens is 2. The lowest BCUT2D eigenvalue weighted by Gasteiger charge is -2.26. The van der Waals surface area contributed by atoms with Crippen LogP contribution in [-0.4, -0.2) is 55.2 Å². The van der Waals surface area contributed by atoms with E-state index in [0.717, 1.165) is 5.69 Å². The molecule has 0 amide bonds. The van der Waals surface area contributed by atoms with Crippen LogP contribution in [0.5, 0.6) is 0 Å². The number of fused-ring (bicyclic) bond motifs is 3. The highest BCUT2D eigenvalue weighted by Gasteiger charge is 2.49. The lowest BCUT2D eigenvalue weighted by Crippen LogP contribution is -2.36. The molecule has 10 heteroatoms. The van der Waals surface area contributed by atoms with Crippen LogP contribution in [0.15, 0.2) is 36.5 Å². The third-order valence-corrected chi connectivity index (χ3v) is 9.02. The normalized spacial score (nSPS) is 24.2. The molecule has 2 atom stereocenters. The first-order valence-electron chi connectivity index (χ1n) is 8.67. The molecule has 1 fully saturated rings. The number of para-hydroxylation sites is 1. The molecule has 0 bridgehead atoms. The molecule has 0 unspecified atom stereocenters. The molecule has 0 saturated carbocycles. The highest BCUT2D eigenvalue weighted by atomic mass is 32.2. The van der Waals surface area contributed by atoms with Crippen LogP contribution in [0, 0.1) is 0 Å². The third kappa shape index (κ3) is 3.32. The zero-order valence-electron chi connectivity index (χ0n) is 14.7. The van der Waals surface area contributed by atoms with Crippen molar-refractivity contribution >= 4 is 31.5 Å². The van der Waals surface area contributed by atoms with Crippen LogP contribution in [-0.2, 0) is 25.6 Å². The molecule has 0 spiro atoms. The number of nitrogens with zero attached hydrogens (tertiary/aromatic N) is 3. The third-order valence-electron chi connectivity index (χ3n) is 5.09. The summed E-state index contributed by atoms with van der Waals surface area (Å²) in [5, 5.41) is 2.35. The van der Waals surface area contributed by atoms with Gasteiger partial charge in [0, 0.05) is 36.5 Å². The van der Waals surface area contributed by atoms with E-state index in [9.17, 15) is 16.8 Å². The van der Waals surface area contributed by atoms with E-state index in [2.05, 4.69) is 15.3 Å². The van der Waals surface area contributed by atoms with Crippen molar-refractivity contribution in [3.8, 4) is 0 Å². The molecule has 1 N–H and O–H groups in total. The monoisotopic (exact) mass is 408 g/mol. The van der Waals surface area contributed by atoms with Crippen molar-refractivity contribution in [2.75, 3.05) is 24.2 Å². The maximum absolute atomic E-state index is 12.7. The van der Waals surface area contributed by atoms with Crippen molar-refractivity contribution in [1.29, 1.82) is 0 Å². The Bertz CT molecular complexity index is 1070. The molecule has 8 nitrogen and oxygen atoms in total. The van der Waals surface area contributed by atoms with Crippen molar-refractivity contribution in [3.63, 3.8) is 0 Å². The zero-order valence-corrected chi connectivity index (χ0v) is 16.4. The summed E-state index contributed by atoms with van der Waals surface area (Å²) in [5.74, 6) is -0.312. The molecular weight excluding hydrogens is 388 g/mol. The number of nitrogens with one attached hydrogen (secondary N) is 1. The topological polar surface area (TPSA) is 109 Å². The molecule has 2 aliphatic heterocycles. The average Bonchev–Trinajstić information content (AvgIpc) is 3.11. The molecule has 1 aromatic heterocycles. The maximum atomic E-state index is 12.7. The Kier molecular flexibility index (Phi) is 4.44. The molecule has 144 valence electrons. The SMILES string of the molecule is CCS(=O)(=O)N1C[C@H]2c3nc(Nc4ccccc4)ncc3CS(=O)(=O)[C@H]2C1. The van der Waals surface area contributed by atoms with E-state index < -0.39 is 31.0 Å². The van der Waals surface area contributed by atoms with E-state index in [1.165, 1.54) is 10.5 Å². The summed E-state index contributed by atoms with van der Waals surface area (Å²) in [4.78, 5) is 8.78. The van der Waals surface area contributed by atoms with Crippen LogP contribution in [0.4, 0.5) is 11.6 Å². The van der Waals surface area contributed by atoms with Gasteiger partial charge in [0.15, 0.2) is 9.84 Å². The molecule has 27 heavy (non-hydrogen) atoms. The Labute approximate surface area is 158 Å². The van der Waals surface area contributed by atoms with Crippen molar-refractivity contribution in [2.24, 2.45) is 0 Å². The first-order chi connectivity index (χ1) is 12.8. The van der Waals surface area contributed by atoms with E-state index in [0.29, 0.717) is 17.2 Å². The van der Waals surface area contributed by atoms with E-state index >= 15 is 0 Å². The number of rotatable bonds is 4. The standard InChI is InChI=1S/C17H20N4O4S2/c1-2-27(24,25)21-9-14-15(10-21)26(22,23)11-12-8-18-17(20-16(12)14)19-13-6-4-3-5-7-13/h3-8,14-15H,2,9-11H2,1H3,(H,18,19,20)/t14-,15+/m1/s1. The van der Waals surface area contributed by atoms with Crippen LogP contribution < -0.4 is 5.32 Å². The van der Waals surface area contributed by atoms with Gasteiger partial charge < -0.3 is 5.32 Å². The van der Waals surface area contributed by atoms with Gasteiger partial charge in [-0.15, -0.1) is 0 Å². The summed E-state index contributed by atoms with van der Waals surface area (Å²) >= 11 is 0. The molecule has 0 radical (unpaired) electrons. The van der Waals surface area contributed by atoms with Crippen LogP contribution in [0.25, 0.3) is 0 Å². The highest BCUT2D eigenvalue weighted by Crippen LogP contribution is 2.40. The van der Waals surface area contributed by atoms with Gasteiger partial charge in [0.25, 0.3) is 0 Å². The lowest BCUT2D eigenvalue weighted by molar-refractivity contribution is 0.473. The Balaban J connectivity index is 1.71. The summed E-state index contributed by atoms with van der Waals surface area (Å²) in [6.07, 6.45) is 1.53. The van der Waals surface area contributed by atoms with Gasteiger partial charge in [-0.3, -0.25) is 0 Å². The molecule has 0 aliphatic carbocycles. The summed E-state index contributed by atoms with van der Waals surface area (Å²) in [6, 6.07) is 9.42. The van der Waals surface area contributed by atoms with Gasteiger partial charge in [-0.25, -0.2) is 26.8 Å². The molecule has 1 aromatic carbocycles. The fourth-order valence-corrected chi connectivity index (χ4v) is 6.89. The first kappa shape index (κ1) is 18.3. The van der Waals surface area contributed by atoms with Crippen molar-refractivity contribution in [3.05, 3.63) is 47.8 Å². The molecule has 2 aliphatic rings. The van der Waals surface area contributed by atoms with Crippen molar-refractivity contribution in [2.45, 2.75) is 23.8 Å². The largest absolute Gasteiger partial charge is 0.324 e. The van der Waals surface area contributed by atoms with Crippen LogP contribution in [0.3, 0.4) is 0 Å². The van der Waals surface area contributed by atoms with Gasteiger partial charge in [0.1, 0.15) is 0 Å². The van der Waals surface area contributed by atoms with Crippen molar-refractivity contribution < 1.29 is 16.8 Å². The minimum atomic E-state index is -3.46. The summed E-state index contributed by atoms with van der Waals surface area (Å²) < 4.78 is 51.1. The number of hydrogen-bond acceptors (Lipinski definition) is 7. The summed E-state index contributed by atoms with van der Waals surface area (Å²) in [7, 11) is -6.91. The lowest BCUT2D eigenvalue weighted by atomic mass is 10.00. The quantitative estimate of drug-likeness (QED) is 0.811. The van der Waals surface area contributed by atoms with Gasteiger partial charge in [-0.2, -0.15) is 4.31 Å². The second-order valence-corrected chi connectivity index (χ2v) is 11.2. The molecule has 2 aromatic rings. The fraction of sp³-hybridized carbons (Fsp3) is 0.412. The van der Waals surface area contributed by atoms with Crippen molar-refractivity contribution in [1.82, 2.24) is 14.3 Å². The Hall–Kier alpha value is -2.04. The smallest absolute Gasteiger partial charge is 0.227 e. The second-order valence-electron chi connectivity index (χ2n) is 6.76. The fourth-order valence-electron chi connectivity index (χ4n) is 3.66.